The second-order valence-corrected chi connectivity index (χ2v) is 14.7. The highest BCUT2D eigenvalue weighted by Crippen LogP contribution is 2.40. The van der Waals surface area contributed by atoms with Gasteiger partial charge in [-0.15, -0.1) is 0 Å². The molecule has 1 saturated carbocycles. The fourth-order valence-electron chi connectivity index (χ4n) is 5.24. The van der Waals surface area contributed by atoms with Crippen LogP contribution in [0.3, 0.4) is 0 Å². The SMILES string of the molecule is CC(C)(C)[Si](OC1CCC(C(=O)Nc2ccc(O)cc2O)CC1)(c1ccccc1)c1ccccc1. The van der Waals surface area contributed by atoms with E-state index in [1.807, 2.05) is 12.1 Å². The molecule has 0 spiro atoms. The van der Waals surface area contributed by atoms with Crippen LogP contribution in [0, 0.1) is 5.92 Å². The molecule has 0 heterocycles. The Morgan fingerprint density at radius 2 is 1.40 bits per heavy atom. The first-order chi connectivity index (χ1) is 16.7. The van der Waals surface area contributed by atoms with Gasteiger partial charge in [-0.2, -0.15) is 0 Å². The zero-order valence-electron chi connectivity index (χ0n) is 20.7. The summed E-state index contributed by atoms with van der Waals surface area (Å²) in [5.74, 6) is -0.416. The van der Waals surface area contributed by atoms with Gasteiger partial charge in [-0.05, 0) is 53.2 Å². The van der Waals surface area contributed by atoms with Crippen LogP contribution in [0.15, 0.2) is 78.9 Å². The van der Waals surface area contributed by atoms with Crippen LogP contribution in [0.1, 0.15) is 46.5 Å². The highest BCUT2D eigenvalue weighted by Gasteiger charge is 2.51. The van der Waals surface area contributed by atoms with Crippen LogP contribution < -0.4 is 15.7 Å². The largest absolute Gasteiger partial charge is 0.508 e. The highest BCUT2D eigenvalue weighted by atomic mass is 28.4. The summed E-state index contributed by atoms with van der Waals surface area (Å²) >= 11 is 0. The number of anilines is 1. The van der Waals surface area contributed by atoms with Gasteiger partial charge >= 0.3 is 0 Å². The van der Waals surface area contributed by atoms with Crippen molar-refractivity contribution in [3.63, 3.8) is 0 Å². The second-order valence-electron chi connectivity index (χ2n) is 10.4. The highest BCUT2D eigenvalue weighted by molar-refractivity contribution is 6.99. The number of amides is 1. The van der Waals surface area contributed by atoms with Crippen molar-refractivity contribution in [2.75, 3.05) is 5.32 Å². The van der Waals surface area contributed by atoms with Gasteiger partial charge in [0.1, 0.15) is 11.5 Å². The Labute approximate surface area is 208 Å². The van der Waals surface area contributed by atoms with Crippen LogP contribution in [-0.2, 0) is 9.22 Å². The van der Waals surface area contributed by atoms with Gasteiger partial charge < -0.3 is 20.0 Å². The van der Waals surface area contributed by atoms with Crippen molar-refractivity contribution in [1.82, 2.24) is 0 Å². The Balaban J connectivity index is 1.52. The predicted molar refractivity (Wildman–Crippen MR) is 143 cm³/mol. The van der Waals surface area contributed by atoms with E-state index in [0.717, 1.165) is 25.7 Å². The molecule has 3 aromatic carbocycles. The van der Waals surface area contributed by atoms with E-state index in [1.54, 1.807) is 0 Å². The molecule has 1 amide bonds. The molecule has 0 bridgehead atoms. The molecule has 4 rings (SSSR count). The average Bonchev–Trinajstić information content (AvgIpc) is 2.85. The van der Waals surface area contributed by atoms with Gasteiger partial charge in [-0.25, -0.2) is 0 Å². The molecule has 3 aromatic rings. The van der Waals surface area contributed by atoms with Gasteiger partial charge in [0.15, 0.2) is 0 Å². The third-order valence-corrected chi connectivity index (χ3v) is 12.1. The van der Waals surface area contributed by atoms with E-state index in [2.05, 4.69) is 74.6 Å². The molecular weight excluding hydrogens is 454 g/mol. The molecule has 0 unspecified atom stereocenters. The first-order valence-electron chi connectivity index (χ1n) is 12.3. The summed E-state index contributed by atoms with van der Waals surface area (Å²) in [6, 6.07) is 25.5. The minimum atomic E-state index is -2.62. The van der Waals surface area contributed by atoms with Gasteiger partial charge in [0.05, 0.1) is 5.69 Å². The van der Waals surface area contributed by atoms with Gasteiger partial charge in [0, 0.05) is 18.1 Å². The molecule has 0 saturated heterocycles. The van der Waals surface area contributed by atoms with E-state index >= 15 is 0 Å². The molecule has 0 aliphatic heterocycles. The number of benzene rings is 3. The Hall–Kier alpha value is -3.09. The van der Waals surface area contributed by atoms with E-state index in [-0.39, 0.29) is 34.5 Å². The number of carbonyl (C=O) groups is 1. The smallest absolute Gasteiger partial charge is 0.261 e. The summed E-state index contributed by atoms with van der Waals surface area (Å²) in [7, 11) is -2.62. The second kappa shape index (κ2) is 10.3. The van der Waals surface area contributed by atoms with Crippen molar-refractivity contribution in [2.24, 2.45) is 5.92 Å². The third kappa shape index (κ3) is 5.28. The molecule has 5 nitrogen and oxygen atoms in total. The fraction of sp³-hybridized carbons (Fsp3) is 0.345. The summed E-state index contributed by atoms with van der Waals surface area (Å²) < 4.78 is 7.23. The quantitative estimate of drug-likeness (QED) is 0.254. The van der Waals surface area contributed by atoms with Crippen LogP contribution in [0.4, 0.5) is 5.69 Å². The Bertz CT molecular complexity index is 1100. The molecule has 184 valence electrons. The topological polar surface area (TPSA) is 78.8 Å². The summed E-state index contributed by atoms with van der Waals surface area (Å²) in [4.78, 5) is 12.9. The number of carbonyl (C=O) groups excluding carboxylic acids is 1. The molecule has 3 N–H and O–H groups in total. The number of hydrogen-bond acceptors (Lipinski definition) is 4. The Morgan fingerprint density at radius 1 is 0.857 bits per heavy atom. The predicted octanol–water partition coefficient (Wildman–Crippen LogP) is 5.17. The summed E-state index contributed by atoms with van der Waals surface area (Å²) in [6.07, 6.45) is 3.16. The number of nitrogens with one attached hydrogen (secondary N) is 1. The lowest BCUT2D eigenvalue weighted by Crippen LogP contribution is -2.67. The van der Waals surface area contributed by atoms with Gasteiger partial charge in [0.25, 0.3) is 8.32 Å². The average molecular weight is 490 g/mol. The molecule has 1 aliphatic rings. The van der Waals surface area contributed by atoms with Crippen molar-refractivity contribution >= 4 is 30.3 Å². The maximum Gasteiger partial charge on any atom is 0.261 e. The minimum absolute atomic E-state index is 0.0403. The van der Waals surface area contributed by atoms with Crippen molar-refractivity contribution in [3.05, 3.63) is 78.9 Å². The third-order valence-electron chi connectivity index (χ3n) is 7.04. The van der Waals surface area contributed by atoms with Gasteiger partial charge in [-0.1, -0.05) is 81.4 Å². The first kappa shape index (κ1) is 25.0. The van der Waals surface area contributed by atoms with E-state index in [0.29, 0.717) is 5.69 Å². The zero-order valence-corrected chi connectivity index (χ0v) is 21.7. The van der Waals surface area contributed by atoms with Gasteiger partial charge in [0.2, 0.25) is 5.91 Å². The van der Waals surface area contributed by atoms with Crippen LogP contribution in [0.5, 0.6) is 11.5 Å². The number of hydrogen-bond donors (Lipinski definition) is 3. The zero-order chi connectivity index (χ0) is 25.1. The Kier molecular flexibility index (Phi) is 7.33. The van der Waals surface area contributed by atoms with Crippen molar-refractivity contribution in [1.29, 1.82) is 0 Å². The number of rotatable bonds is 6. The lowest BCUT2D eigenvalue weighted by atomic mass is 9.87. The Morgan fingerprint density at radius 3 is 1.89 bits per heavy atom. The van der Waals surface area contributed by atoms with Crippen molar-refractivity contribution in [2.45, 2.75) is 57.6 Å². The van der Waals surface area contributed by atoms with E-state index in [4.69, 9.17) is 4.43 Å². The molecule has 6 heteroatoms. The summed E-state index contributed by atoms with van der Waals surface area (Å²) in [5, 5.41) is 24.8. The van der Waals surface area contributed by atoms with Crippen molar-refractivity contribution in [3.8, 4) is 11.5 Å². The van der Waals surface area contributed by atoms with Crippen LogP contribution in [0.2, 0.25) is 5.04 Å². The molecule has 0 aromatic heterocycles. The first-order valence-corrected chi connectivity index (χ1v) is 14.2. The molecule has 0 atom stereocenters. The molecule has 35 heavy (non-hydrogen) atoms. The van der Waals surface area contributed by atoms with E-state index < -0.39 is 8.32 Å². The molecule has 1 aliphatic carbocycles. The number of phenols is 2. The number of phenolic OH excluding ortho intramolecular Hbond substituents is 2. The summed E-state index contributed by atoms with van der Waals surface area (Å²) in [6.45, 7) is 6.84. The molecule has 1 fully saturated rings. The standard InChI is InChI=1S/C29H35NO4Si/c1-29(2,3)35(24-10-6-4-7-11-24,25-12-8-5-9-13-25)34-23-17-14-21(15-18-23)28(33)30-26-19-16-22(31)20-27(26)32/h4-13,16,19-21,23,31-32H,14-15,17-18H2,1-3H3,(H,30,33). The van der Waals surface area contributed by atoms with Crippen LogP contribution >= 0.6 is 0 Å². The lowest BCUT2D eigenvalue weighted by Gasteiger charge is -2.46. The monoisotopic (exact) mass is 489 g/mol. The fourth-order valence-corrected chi connectivity index (χ4v) is 10.00. The molecule has 0 radical (unpaired) electrons. The lowest BCUT2D eigenvalue weighted by molar-refractivity contribution is -0.121. The minimum Gasteiger partial charge on any atom is -0.508 e. The van der Waals surface area contributed by atoms with Crippen molar-refractivity contribution < 1.29 is 19.4 Å². The van der Waals surface area contributed by atoms with Crippen LogP contribution in [-0.4, -0.2) is 30.5 Å². The van der Waals surface area contributed by atoms with E-state index in [9.17, 15) is 15.0 Å². The maximum atomic E-state index is 12.9. The maximum absolute atomic E-state index is 12.9. The number of aromatic hydroxyl groups is 2. The summed E-state index contributed by atoms with van der Waals surface area (Å²) in [5.41, 5.74) is 0.318. The van der Waals surface area contributed by atoms with E-state index in [1.165, 1.54) is 28.6 Å². The van der Waals surface area contributed by atoms with Gasteiger partial charge in [-0.3, -0.25) is 4.79 Å². The molecular formula is C29H35NO4Si. The van der Waals surface area contributed by atoms with Crippen LogP contribution in [0.25, 0.3) is 0 Å². The normalized spacial score (nSPS) is 18.7.